The van der Waals surface area contributed by atoms with Gasteiger partial charge in [0, 0.05) is 17.2 Å². The molecule has 0 unspecified atom stereocenters. The molecule has 0 fully saturated rings. The molecular weight excluding hydrogens is 242 g/mol. The Morgan fingerprint density at radius 3 is 2.83 bits per heavy atom. The van der Waals surface area contributed by atoms with Gasteiger partial charge in [-0.3, -0.25) is 0 Å². The summed E-state index contributed by atoms with van der Waals surface area (Å²) in [6.07, 6.45) is 5.33. The lowest BCUT2D eigenvalue weighted by Crippen LogP contribution is -2.18. The molecule has 18 heavy (non-hydrogen) atoms. The molecule has 1 aromatic carbocycles. The van der Waals surface area contributed by atoms with E-state index in [1.165, 1.54) is 30.6 Å². The molecule has 0 aliphatic rings. The van der Waals surface area contributed by atoms with Crippen molar-refractivity contribution in [3.8, 4) is 5.75 Å². The number of methoxy groups -OCH3 is 1. The van der Waals surface area contributed by atoms with Crippen molar-refractivity contribution in [1.82, 2.24) is 5.32 Å². The normalized spacial score (nSPS) is 10.6. The highest BCUT2D eigenvalue weighted by Gasteiger charge is 1.96. The maximum absolute atomic E-state index is 5.21. The molecule has 0 heterocycles. The molecule has 0 radical (unpaired) electrons. The van der Waals surface area contributed by atoms with Gasteiger partial charge in [0.1, 0.15) is 5.75 Å². The van der Waals surface area contributed by atoms with E-state index in [1.807, 2.05) is 23.9 Å². The molecule has 0 aliphatic heterocycles. The zero-order valence-corrected chi connectivity index (χ0v) is 12.4. The second kappa shape index (κ2) is 10.3. The molecule has 2 nitrogen and oxygen atoms in total. The Balaban J connectivity index is 2.03. The van der Waals surface area contributed by atoms with Crippen molar-refractivity contribution in [2.45, 2.75) is 37.5 Å². The summed E-state index contributed by atoms with van der Waals surface area (Å²) in [5.74, 6) is 2.05. The smallest absolute Gasteiger partial charge is 0.119 e. The molecule has 1 aromatic rings. The topological polar surface area (TPSA) is 21.3 Å². The first kappa shape index (κ1) is 15.4. The zero-order chi connectivity index (χ0) is 13.1. The molecule has 3 heteroatoms. The summed E-state index contributed by atoms with van der Waals surface area (Å²) < 4.78 is 5.21. The van der Waals surface area contributed by atoms with Crippen LogP contribution in [0.25, 0.3) is 0 Å². The second-order valence-electron chi connectivity index (χ2n) is 4.34. The fourth-order valence-electron chi connectivity index (χ4n) is 1.73. The fourth-order valence-corrected chi connectivity index (χ4v) is 2.59. The van der Waals surface area contributed by atoms with Crippen LogP contribution < -0.4 is 10.1 Å². The third-order valence-corrected chi connectivity index (χ3v) is 3.79. The molecular formula is C15H25NOS. The lowest BCUT2D eigenvalue weighted by molar-refractivity contribution is 0.413. The predicted octanol–water partition coefficient (Wildman–Crippen LogP) is 3.96. The number of ether oxygens (including phenoxy) is 1. The van der Waals surface area contributed by atoms with E-state index in [2.05, 4.69) is 24.4 Å². The summed E-state index contributed by atoms with van der Waals surface area (Å²) in [6.45, 7) is 4.48. The van der Waals surface area contributed by atoms with E-state index in [9.17, 15) is 0 Å². The third-order valence-electron chi connectivity index (χ3n) is 2.80. The van der Waals surface area contributed by atoms with E-state index in [1.54, 1.807) is 7.11 Å². The third kappa shape index (κ3) is 6.92. The van der Waals surface area contributed by atoms with Gasteiger partial charge in [0.2, 0.25) is 0 Å². The summed E-state index contributed by atoms with van der Waals surface area (Å²) in [5.41, 5.74) is 0. The van der Waals surface area contributed by atoms with Gasteiger partial charge in [-0.15, -0.1) is 11.8 Å². The highest BCUT2D eigenvalue weighted by Crippen LogP contribution is 2.22. The van der Waals surface area contributed by atoms with Crippen molar-refractivity contribution in [3.63, 3.8) is 0 Å². The van der Waals surface area contributed by atoms with Crippen LogP contribution in [-0.2, 0) is 0 Å². The number of rotatable bonds is 10. The first-order chi connectivity index (χ1) is 8.86. The molecule has 0 amide bonds. The first-order valence-electron chi connectivity index (χ1n) is 6.84. The second-order valence-corrected chi connectivity index (χ2v) is 5.51. The van der Waals surface area contributed by atoms with Crippen LogP contribution in [0, 0.1) is 0 Å². The number of nitrogens with one attached hydrogen (secondary N) is 1. The number of thioether (sulfide) groups is 1. The van der Waals surface area contributed by atoms with Gasteiger partial charge in [-0.25, -0.2) is 0 Å². The minimum absolute atomic E-state index is 0.938. The van der Waals surface area contributed by atoms with Crippen LogP contribution in [0.3, 0.4) is 0 Å². The van der Waals surface area contributed by atoms with Gasteiger partial charge in [0.15, 0.2) is 0 Å². The van der Waals surface area contributed by atoms with E-state index in [4.69, 9.17) is 4.74 Å². The molecule has 0 spiro atoms. The van der Waals surface area contributed by atoms with Gasteiger partial charge in [-0.1, -0.05) is 32.3 Å². The van der Waals surface area contributed by atoms with Crippen LogP contribution in [0.1, 0.15) is 32.6 Å². The Morgan fingerprint density at radius 1 is 1.17 bits per heavy atom. The summed E-state index contributed by atoms with van der Waals surface area (Å²) in [6, 6.07) is 8.25. The van der Waals surface area contributed by atoms with E-state index >= 15 is 0 Å². The molecule has 0 aliphatic carbocycles. The summed E-state index contributed by atoms with van der Waals surface area (Å²) >= 11 is 1.88. The van der Waals surface area contributed by atoms with Crippen LogP contribution in [0.5, 0.6) is 5.75 Å². The minimum atomic E-state index is 0.938. The molecule has 0 saturated carbocycles. The SMILES string of the molecule is CCCCCCNCCSc1cccc(OC)c1. The monoisotopic (exact) mass is 267 g/mol. The minimum Gasteiger partial charge on any atom is -0.497 e. The molecule has 0 saturated heterocycles. The average molecular weight is 267 g/mol. The summed E-state index contributed by atoms with van der Waals surface area (Å²) in [5, 5.41) is 3.49. The molecule has 0 bridgehead atoms. The van der Waals surface area contributed by atoms with Gasteiger partial charge in [-0.2, -0.15) is 0 Å². The lowest BCUT2D eigenvalue weighted by atomic mass is 10.2. The molecule has 0 atom stereocenters. The zero-order valence-electron chi connectivity index (χ0n) is 11.6. The van der Waals surface area contributed by atoms with Crippen molar-refractivity contribution in [1.29, 1.82) is 0 Å². The highest BCUT2D eigenvalue weighted by atomic mass is 32.2. The van der Waals surface area contributed by atoms with Crippen molar-refractivity contribution in [2.75, 3.05) is 26.0 Å². The van der Waals surface area contributed by atoms with Gasteiger partial charge in [-0.05, 0) is 31.2 Å². The van der Waals surface area contributed by atoms with Crippen molar-refractivity contribution >= 4 is 11.8 Å². The highest BCUT2D eigenvalue weighted by molar-refractivity contribution is 7.99. The standard InChI is InChI=1S/C15H25NOS/c1-3-4-5-6-10-16-11-12-18-15-9-7-8-14(13-15)17-2/h7-9,13,16H,3-6,10-12H2,1-2H3. The summed E-state index contributed by atoms with van der Waals surface area (Å²) in [4.78, 5) is 1.28. The van der Waals surface area contributed by atoms with Crippen LogP contribution in [-0.4, -0.2) is 26.0 Å². The number of unbranched alkanes of at least 4 members (excludes halogenated alkanes) is 3. The van der Waals surface area contributed by atoms with Crippen LogP contribution in [0.4, 0.5) is 0 Å². The Bertz CT molecular complexity index is 317. The quantitative estimate of drug-likeness (QED) is 0.512. The van der Waals surface area contributed by atoms with E-state index in [-0.39, 0.29) is 0 Å². The number of hydrogen-bond acceptors (Lipinski definition) is 3. The molecule has 102 valence electrons. The maximum Gasteiger partial charge on any atom is 0.119 e. The fraction of sp³-hybridized carbons (Fsp3) is 0.600. The van der Waals surface area contributed by atoms with Crippen LogP contribution >= 0.6 is 11.8 Å². The van der Waals surface area contributed by atoms with Gasteiger partial charge < -0.3 is 10.1 Å². The van der Waals surface area contributed by atoms with Crippen LogP contribution in [0.15, 0.2) is 29.2 Å². The first-order valence-corrected chi connectivity index (χ1v) is 7.83. The Hall–Kier alpha value is -0.670. The van der Waals surface area contributed by atoms with Crippen molar-refractivity contribution in [2.24, 2.45) is 0 Å². The average Bonchev–Trinajstić information content (AvgIpc) is 2.42. The van der Waals surface area contributed by atoms with Gasteiger partial charge >= 0.3 is 0 Å². The largest absolute Gasteiger partial charge is 0.497 e. The maximum atomic E-state index is 5.21. The van der Waals surface area contributed by atoms with Crippen LogP contribution in [0.2, 0.25) is 0 Å². The van der Waals surface area contributed by atoms with Crippen molar-refractivity contribution in [3.05, 3.63) is 24.3 Å². The number of benzene rings is 1. The van der Waals surface area contributed by atoms with E-state index in [0.29, 0.717) is 0 Å². The Labute approximate surface area is 116 Å². The lowest BCUT2D eigenvalue weighted by Gasteiger charge is -2.06. The summed E-state index contributed by atoms with van der Waals surface area (Å²) in [7, 11) is 1.71. The predicted molar refractivity (Wildman–Crippen MR) is 80.7 cm³/mol. The molecule has 0 aromatic heterocycles. The molecule has 1 N–H and O–H groups in total. The van der Waals surface area contributed by atoms with Crippen molar-refractivity contribution < 1.29 is 4.74 Å². The van der Waals surface area contributed by atoms with Gasteiger partial charge in [0.05, 0.1) is 7.11 Å². The van der Waals surface area contributed by atoms with E-state index < -0.39 is 0 Å². The number of hydrogen-bond donors (Lipinski definition) is 1. The Kier molecular flexibility index (Phi) is 8.78. The van der Waals surface area contributed by atoms with Gasteiger partial charge in [0.25, 0.3) is 0 Å². The molecule has 1 rings (SSSR count). The Morgan fingerprint density at radius 2 is 2.06 bits per heavy atom. The van der Waals surface area contributed by atoms with E-state index in [0.717, 1.165) is 24.6 Å².